The lowest BCUT2D eigenvalue weighted by Crippen LogP contribution is -2.42. The van der Waals surface area contributed by atoms with Crippen LogP contribution in [0.15, 0.2) is 24.3 Å². The quantitative estimate of drug-likeness (QED) is 0.269. The van der Waals surface area contributed by atoms with E-state index in [1.54, 1.807) is 6.07 Å². The Kier molecular flexibility index (Phi) is 8.51. The molecule has 0 N–H and O–H groups in total. The Morgan fingerprint density at radius 1 is 1.00 bits per heavy atom. The number of carbonyl (C=O) groups is 2. The molecule has 0 saturated carbocycles. The Balaban J connectivity index is 2.83. The average molecular weight is 334 g/mol. The summed E-state index contributed by atoms with van der Waals surface area (Å²) >= 11 is 0. The minimum atomic E-state index is -1.23. The Morgan fingerprint density at radius 3 is 2.29 bits per heavy atom. The van der Waals surface area contributed by atoms with Crippen LogP contribution in [0.5, 0.6) is 5.75 Å². The van der Waals surface area contributed by atoms with Crippen molar-refractivity contribution in [2.45, 2.75) is 66.2 Å². The molecule has 0 amide bonds. The Bertz CT molecular complexity index is 532. The number of rotatable bonds is 10. The molecule has 4 heteroatoms. The summed E-state index contributed by atoms with van der Waals surface area (Å²) in [6.07, 6.45) is 4.47. The molecule has 24 heavy (non-hydrogen) atoms. The number of benzene rings is 1. The highest BCUT2D eigenvalue weighted by atomic mass is 16.6. The Morgan fingerprint density at radius 2 is 1.71 bits per heavy atom. The standard InChI is InChI=1S/C20H30O4/c1-5-9-10-14-23-18(21)20(7-3,8-4)19(22)24-17-13-11-12-16(6-2)15-17/h11-13,15H,5-10,14H2,1-4H3. The Hall–Kier alpha value is -1.84. The summed E-state index contributed by atoms with van der Waals surface area (Å²) in [6, 6.07) is 7.40. The van der Waals surface area contributed by atoms with Crippen molar-refractivity contribution in [3.05, 3.63) is 29.8 Å². The van der Waals surface area contributed by atoms with Gasteiger partial charge in [0, 0.05) is 0 Å². The van der Waals surface area contributed by atoms with Gasteiger partial charge in [0.25, 0.3) is 0 Å². The highest BCUT2D eigenvalue weighted by molar-refractivity contribution is 6.00. The lowest BCUT2D eigenvalue weighted by molar-refractivity contribution is -0.168. The van der Waals surface area contributed by atoms with Crippen molar-refractivity contribution in [1.82, 2.24) is 0 Å². The van der Waals surface area contributed by atoms with Crippen LogP contribution in [0.3, 0.4) is 0 Å². The largest absolute Gasteiger partial charge is 0.465 e. The molecule has 0 aliphatic rings. The lowest BCUT2D eigenvalue weighted by Gasteiger charge is -2.26. The van der Waals surface area contributed by atoms with Crippen LogP contribution in [0.4, 0.5) is 0 Å². The molecule has 0 heterocycles. The molecule has 0 aliphatic carbocycles. The van der Waals surface area contributed by atoms with Crippen LogP contribution >= 0.6 is 0 Å². The number of ether oxygens (including phenoxy) is 2. The van der Waals surface area contributed by atoms with Gasteiger partial charge in [0.2, 0.25) is 0 Å². The normalized spacial score (nSPS) is 11.2. The molecule has 0 atom stereocenters. The van der Waals surface area contributed by atoms with Gasteiger partial charge in [-0.25, -0.2) is 0 Å². The van der Waals surface area contributed by atoms with Crippen molar-refractivity contribution in [2.75, 3.05) is 6.61 Å². The SMILES string of the molecule is CCCCCOC(=O)C(CC)(CC)C(=O)Oc1cccc(CC)c1. The molecule has 0 aliphatic heterocycles. The third kappa shape index (κ3) is 5.08. The van der Waals surface area contributed by atoms with Gasteiger partial charge >= 0.3 is 11.9 Å². The van der Waals surface area contributed by atoms with Crippen LogP contribution in [0.25, 0.3) is 0 Å². The smallest absolute Gasteiger partial charge is 0.328 e. The summed E-state index contributed by atoms with van der Waals surface area (Å²) in [5.41, 5.74) is -0.143. The zero-order valence-corrected chi connectivity index (χ0v) is 15.4. The molecule has 1 aromatic carbocycles. The molecule has 1 aromatic rings. The van der Waals surface area contributed by atoms with Gasteiger partial charge in [-0.2, -0.15) is 0 Å². The molecule has 134 valence electrons. The van der Waals surface area contributed by atoms with E-state index in [2.05, 4.69) is 6.92 Å². The summed E-state index contributed by atoms with van der Waals surface area (Å²) in [4.78, 5) is 25.2. The van der Waals surface area contributed by atoms with E-state index in [1.165, 1.54) is 0 Å². The van der Waals surface area contributed by atoms with E-state index < -0.39 is 17.4 Å². The second-order valence-corrected chi connectivity index (χ2v) is 6.02. The number of esters is 2. The number of hydrogen-bond donors (Lipinski definition) is 0. The van der Waals surface area contributed by atoms with Gasteiger partial charge in [0.05, 0.1) is 6.61 Å². The summed E-state index contributed by atoms with van der Waals surface area (Å²) in [7, 11) is 0. The highest BCUT2D eigenvalue weighted by Crippen LogP contribution is 2.31. The molecule has 0 bridgehead atoms. The fourth-order valence-corrected chi connectivity index (χ4v) is 2.60. The van der Waals surface area contributed by atoms with E-state index in [4.69, 9.17) is 9.47 Å². The maximum atomic E-state index is 12.7. The molecule has 0 unspecified atom stereocenters. The van der Waals surface area contributed by atoms with Gasteiger partial charge in [-0.15, -0.1) is 0 Å². The van der Waals surface area contributed by atoms with Crippen molar-refractivity contribution in [3.63, 3.8) is 0 Å². The molecular formula is C20H30O4. The van der Waals surface area contributed by atoms with E-state index in [1.807, 2.05) is 39.0 Å². The minimum Gasteiger partial charge on any atom is -0.465 e. The predicted octanol–water partition coefficient (Wildman–Crippen LogP) is 4.69. The van der Waals surface area contributed by atoms with Crippen molar-refractivity contribution >= 4 is 11.9 Å². The minimum absolute atomic E-state index is 0.354. The molecule has 0 spiro atoms. The molecule has 1 rings (SSSR count). The van der Waals surface area contributed by atoms with Crippen molar-refractivity contribution in [1.29, 1.82) is 0 Å². The third-order valence-electron chi connectivity index (χ3n) is 4.49. The van der Waals surface area contributed by atoms with Crippen LogP contribution < -0.4 is 4.74 Å². The van der Waals surface area contributed by atoms with E-state index in [9.17, 15) is 9.59 Å². The summed E-state index contributed by atoms with van der Waals surface area (Å²) in [6.45, 7) is 8.12. The molecule has 0 fully saturated rings. The lowest BCUT2D eigenvalue weighted by atomic mass is 9.82. The second-order valence-electron chi connectivity index (χ2n) is 6.02. The maximum Gasteiger partial charge on any atom is 0.328 e. The number of aryl methyl sites for hydroxylation is 1. The number of hydrogen-bond acceptors (Lipinski definition) is 4. The van der Waals surface area contributed by atoms with E-state index >= 15 is 0 Å². The Labute approximate surface area is 145 Å². The summed E-state index contributed by atoms with van der Waals surface area (Å²) < 4.78 is 10.9. The van der Waals surface area contributed by atoms with Gasteiger partial charge in [0.15, 0.2) is 5.41 Å². The second kappa shape index (κ2) is 10.1. The van der Waals surface area contributed by atoms with Crippen LogP contribution in [-0.2, 0) is 20.7 Å². The van der Waals surface area contributed by atoms with Gasteiger partial charge in [0.1, 0.15) is 5.75 Å². The summed E-state index contributed by atoms with van der Waals surface area (Å²) in [5, 5.41) is 0. The van der Waals surface area contributed by atoms with E-state index in [0.29, 0.717) is 25.2 Å². The van der Waals surface area contributed by atoms with Gasteiger partial charge < -0.3 is 9.47 Å². The van der Waals surface area contributed by atoms with Gasteiger partial charge in [-0.3, -0.25) is 9.59 Å². The van der Waals surface area contributed by atoms with Crippen LogP contribution in [-0.4, -0.2) is 18.5 Å². The fraction of sp³-hybridized carbons (Fsp3) is 0.600. The topological polar surface area (TPSA) is 52.6 Å². The van der Waals surface area contributed by atoms with Crippen molar-refractivity contribution < 1.29 is 19.1 Å². The molecule has 0 aromatic heterocycles. The van der Waals surface area contributed by atoms with Crippen LogP contribution in [0.2, 0.25) is 0 Å². The zero-order chi connectivity index (χ0) is 18.0. The molecule has 0 saturated heterocycles. The van der Waals surface area contributed by atoms with E-state index in [0.717, 1.165) is 31.2 Å². The van der Waals surface area contributed by atoms with E-state index in [-0.39, 0.29) is 0 Å². The van der Waals surface area contributed by atoms with Crippen LogP contribution in [0.1, 0.15) is 65.4 Å². The number of carbonyl (C=O) groups excluding carboxylic acids is 2. The molecular weight excluding hydrogens is 304 g/mol. The summed E-state index contributed by atoms with van der Waals surface area (Å²) in [5.74, 6) is -0.522. The van der Waals surface area contributed by atoms with Crippen LogP contribution in [0, 0.1) is 5.41 Å². The number of unbranched alkanes of at least 4 members (excludes halogenated alkanes) is 2. The van der Waals surface area contributed by atoms with Gasteiger partial charge in [-0.1, -0.05) is 52.7 Å². The molecule has 0 radical (unpaired) electrons. The molecule has 4 nitrogen and oxygen atoms in total. The first kappa shape index (κ1) is 20.2. The maximum absolute atomic E-state index is 12.7. The van der Waals surface area contributed by atoms with Crippen molar-refractivity contribution in [2.24, 2.45) is 5.41 Å². The predicted molar refractivity (Wildman–Crippen MR) is 95.0 cm³/mol. The van der Waals surface area contributed by atoms with Crippen molar-refractivity contribution in [3.8, 4) is 5.75 Å². The van der Waals surface area contributed by atoms with Gasteiger partial charge in [-0.05, 0) is 43.4 Å². The first-order valence-corrected chi connectivity index (χ1v) is 9.02. The third-order valence-corrected chi connectivity index (χ3v) is 4.49. The highest BCUT2D eigenvalue weighted by Gasteiger charge is 2.46. The average Bonchev–Trinajstić information content (AvgIpc) is 2.60. The first-order valence-electron chi connectivity index (χ1n) is 9.02. The first-order chi connectivity index (χ1) is 11.5. The monoisotopic (exact) mass is 334 g/mol. The zero-order valence-electron chi connectivity index (χ0n) is 15.4. The fourth-order valence-electron chi connectivity index (χ4n) is 2.60.